The SMILES string of the molecule is CO[C@@H]1CN(C(=O)[C@@H]2CCCNC2)C[C@H]1O. The molecule has 0 unspecified atom stereocenters. The third-order valence-electron chi connectivity index (χ3n) is 3.50. The van der Waals surface area contributed by atoms with Gasteiger partial charge in [-0.3, -0.25) is 4.79 Å². The molecule has 16 heavy (non-hydrogen) atoms. The van der Waals surface area contributed by atoms with Gasteiger partial charge in [-0.05, 0) is 19.4 Å². The molecule has 2 aliphatic rings. The molecular weight excluding hydrogens is 208 g/mol. The average Bonchev–Trinajstić information content (AvgIpc) is 2.71. The molecule has 2 fully saturated rings. The molecule has 1 amide bonds. The molecule has 2 N–H and O–H groups in total. The number of nitrogens with one attached hydrogen (secondary N) is 1. The molecule has 0 spiro atoms. The molecule has 0 aromatic heterocycles. The van der Waals surface area contributed by atoms with E-state index in [9.17, 15) is 9.90 Å². The monoisotopic (exact) mass is 228 g/mol. The Kier molecular flexibility index (Phi) is 3.78. The first-order valence-corrected chi connectivity index (χ1v) is 5.92. The molecule has 92 valence electrons. The van der Waals surface area contributed by atoms with Crippen LogP contribution in [0.4, 0.5) is 0 Å². The van der Waals surface area contributed by atoms with E-state index in [0.29, 0.717) is 13.1 Å². The van der Waals surface area contributed by atoms with Crippen molar-refractivity contribution in [2.45, 2.75) is 25.0 Å². The highest BCUT2D eigenvalue weighted by Crippen LogP contribution is 2.19. The fraction of sp³-hybridized carbons (Fsp3) is 0.909. The maximum Gasteiger partial charge on any atom is 0.227 e. The summed E-state index contributed by atoms with van der Waals surface area (Å²) < 4.78 is 5.13. The Morgan fingerprint density at radius 1 is 1.50 bits per heavy atom. The number of amides is 1. The summed E-state index contributed by atoms with van der Waals surface area (Å²) >= 11 is 0. The van der Waals surface area contributed by atoms with E-state index >= 15 is 0 Å². The van der Waals surface area contributed by atoms with Crippen LogP contribution in [0, 0.1) is 5.92 Å². The van der Waals surface area contributed by atoms with Crippen molar-refractivity contribution < 1.29 is 14.6 Å². The van der Waals surface area contributed by atoms with Crippen LogP contribution in [-0.2, 0) is 9.53 Å². The minimum atomic E-state index is -0.537. The molecule has 2 rings (SSSR count). The Morgan fingerprint density at radius 2 is 2.31 bits per heavy atom. The highest BCUT2D eigenvalue weighted by Gasteiger charge is 2.36. The largest absolute Gasteiger partial charge is 0.388 e. The van der Waals surface area contributed by atoms with Crippen LogP contribution in [0.25, 0.3) is 0 Å². The van der Waals surface area contributed by atoms with Gasteiger partial charge < -0.3 is 20.1 Å². The van der Waals surface area contributed by atoms with Gasteiger partial charge in [-0.1, -0.05) is 0 Å². The smallest absolute Gasteiger partial charge is 0.227 e. The van der Waals surface area contributed by atoms with Gasteiger partial charge in [0.15, 0.2) is 0 Å². The molecule has 5 nitrogen and oxygen atoms in total. The maximum atomic E-state index is 12.1. The van der Waals surface area contributed by atoms with E-state index in [1.807, 2.05) is 0 Å². The highest BCUT2D eigenvalue weighted by atomic mass is 16.5. The van der Waals surface area contributed by atoms with Gasteiger partial charge in [0.25, 0.3) is 0 Å². The zero-order valence-corrected chi connectivity index (χ0v) is 9.69. The highest BCUT2D eigenvalue weighted by molar-refractivity contribution is 5.79. The van der Waals surface area contributed by atoms with Crippen molar-refractivity contribution in [2.75, 3.05) is 33.3 Å². The second kappa shape index (κ2) is 5.12. The molecule has 0 bridgehead atoms. The molecule has 0 saturated carbocycles. The molecule has 0 aromatic carbocycles. The zero-order chi connectivity index (χ0) is 11.5. The van der Waals surface area contributed by atoms with E-state index < -0.39 is 6.10 Å². The molecule has 3 atom stereocenters. The maximum absolute atomic E-state index is 12.1. The number of β-amino-alcohol motifs (C(OH)–C–C–N with tert-alkyl or cyclic N) is 1. The van der Waals surface area contributed by atoms with Crippen LogP contribution in [0.2, 0.25) is 0 Å². The van der Waals surface area contributed by atoms with Crippen molar-refractivity contribution in [3.8, 4) is 0 Å². The summed E-state index contributed by atoms with van der Waals surface area (Å²) in [4.78, 5) is 13.9. The molecular formula is C11H20N2O3. The number of ether oxygens (including phenoxy) is 1. The number of methoxy groups -OCH3 is 1. The lowest BCUT2D eigenvalue weighted by Crippen LogP contribution is -2.42. The predicted octanol–water partition coefficient (Wildman–Crippen LogP) is -0.796. The molecule has 2 saturated heterocycles. The lowest BCUT2D eigenvalue weighted by Gasteiger charge is -2.26. The van der Waals surface area contributed by atoms with Gasteiger partial charge >= 0.3 is 0 Å². The van der Waals surface area contributed by atoms with E-state index in [-0.39, 0.29) is 17.9 Å². The third-order valence-corrected chi connectivity index (χ3v) is 3.50. The van der Waals surface area contributed by atoms with Crippen LogP contribution in [-0.4, -0.2) is 61.4 Å². The van der Waals surface area contributed by atoms with Crippen LogP contribution in [0.1, 0.15) is 12.8 Å². The fourth-order valence-electron chi connectivity index (χ4n) is 2.49. The number of rotatable bonds is 2. The van der Waals surface area contributed by atoms with Crippen LogP contribution in [0.3, 0.4) is 0 Å². The molecule has 0 aliphatic carbocycles. The van der Waals surface area contributed by atoms with Gasteiger partial charge in [0.05, 0.1) is 12.0 Å². The second-order valence-corrected chi connectivity index (χ2v) is 4.63. The van der Waals surface area contributed by atoms with Crippen LogP contribution in [0.5, 0.6) is 0 Å². The molecule has 2 heterocycles. The second-order valence-electron chi connectivity index (χ2n) is 4.63. The standard InChI is InChI=1S/C11H20N2O3/c1-16-10-7-13(6-9(10)14)11(15)8-3-2-4-12-5-8/h8-10,12,14H,2-7H2,1H3/t8-,9-,10-/m1/s1. The zero-order valence-electron chi connectivity index (χ0n) is 9.69. The van der Waals surface area contributed by atoms with E-state index in [2.05, 4.69) is 5.32 Å². The van der Waals surface area contributed by atoms with Gasteiger partial charge in [0.1, 0.15) is 6.10 Å². The number of carbonyl (C=O) groups excluding carboxylic acids is 1. The average molecular weight is 228 g/mol. The van der Waals surface area contributed by atoms with E-state index in [1.54, 1.807) is 12.0 Å². The Labute approximate surface area is 95.8 Å². The van der Waals surface area contributed by atoms with Gasteiger partial charge in [-0.15, -0.1) is 0 Å². The van der Waals surface area contributed by atoms with Crippen molar-refractivity contribution in [3.63, 3.8) is 0 Å². The molecule has 0 aromatic rings. The van der Waals surface area contributed by atoms with Gasteiger partial charge in [-0.2, -0.15) is 0 Å². The fourth-order valence-corrected chi connectivity index (χ4v) is 2.49. The summed E-state index contributed by atoms with van der Waals surface area (Å²) in [6, 6.07) is 0. The number of piperidine rings is 1. The summed E-state index contributed by atoms with van der Waals surface area (Å²) in [6.45, 7) is 2.71. The summed E-state index contributed by atoms with van der Waals surface area (Å²) in [5, 5.41) is 12.9. The minimum absolute atomic E-state index is 0.0801. The molecule has 0 radical (unpaired) electrons. The number of hydrogen-bond acceptors (Lipinski definition) is 4. The van der Waals surface area contributed by atoms with E-state index in [1.165, 1.54) is 0 Å². The van der Waals surface area contributed by atoms with Gasteiger partial charge in [0.2, 0.25) is 5.91 Å². The summed E-state index contributed by atoms with van der Waals surface area (Å²) in [5.41, 5.74) is 0. The lowest BCUT2D eigenvalue weighted by molar-refractivity contribution is -0.135. The molecule has 5 heteroatoms. The third kappa shape index (κ3) is 2.36. The van der Waals surface area contributed by atoms with Crippen molar-refractivity contribution in [2.24, 2.45) is 5.92 Å². The van der Waals surface area contributed by atoms with Gasteiger partial charge in [-0.25, -0.2) is 0 Å². The van der Waals surface area contributed by atoms with E-state index in [4.69, 9.17) is 4.74 Å². The quantitative estimate of drug-likeness (QED) is 0.650. The van der Waals surface area contributed by atoms with Crippen molar-refractivity contribution in [3.05, 3.63) is 0 Å². The van der Waals surface area contributed by atoms with E-state index in [0.717, 1.165) is 25.9 Å². The number of aliphatic hydroxyl groups is 1. The number of hydrogen-bond donors (Lipinski definition) is 2. The first-order valence-electron chi connectivity index (χ1n) is 5.92. The minimum Gasteiger partial charge on any atom is -0.388 e. The lowest BCUT2D eigenvalue weighted by atomic mass is 9.98. The van der Waals surface area contributed by atoms with Crippen LogP contribution >= 0.6 is 0 Å². The number of nitrogens with zero attached hydrogens (tertiary/aromatic N) is 1. The first kappa shape index (κ1) is 11.8. The summed E-state index contributed by atoms with van der Waals surface area (Å²) in [7, 11) is 1.57. The topological polar surface area (TPSA) is 61.8 Å². The Hall–Kier alpha value is -0.650. The summed E-state index contributed by atoms with van der Waals surface area (Å²) in [5.74, 6) is 0.238. The number of aliphatic hydroxyl groups excluding tert-OH is 1. The van der Waals surface area contributed by atoms with Crippen LogP contribution in [0.15, 0.2) is 0 Å². The Morgan fingerprint density at radius 3 is 2.88 bits per heavy atom. The Bertz CT molecular complexity index is 254. The van der Waals surface area contributed by atoms with Crippen molar-refractivity contribution in [1.82, 2.24) is 10.2 Å². The van der Waals surface area contributed by atoms with Crippen LogP contribution < -0.4 is 5.32 Å². The summed E-state index contributed by atoms with van der Waals surface area (Å²) in [6.07, 6.45) is 1.25. The molecule has 2 aliphatic heterocycles. The predicted molar refractivity (Wildman–Crippen MR) is 59.0 cm³/mol. The normalized spacial score (nSPS) is 35.4. The van der Waals surface area contributed by atoms with Crippen molar-refractivity contribution >= 4 is 5.91 Å². The number of carbonyl (C=O) groups is 1. The first-order chi connectivity index (χ1) is 7.72. The number of likely N-dealkylation sites (tertiary alicyclic amines) is 1. The Balaban J connectivity index is 1.90. The van der Waals surface area contributed by atoms with Gasteiger partial charge in [0, 0.05) is 26.7 Å². The van der Waals surface area contributed by atoms with Crippen molar-refractivity contribution in [1.29, 1.82) is 0 Å².